The van der Waals surface area contributed by atoms with Crippen LogP contribution in [-0.4, -0.2) is 10.9 Å². The molecule has 0 amide bonds. The first-order valence-electron chi connectivity index (χ1n) is 5.51. The minimum atomic E-state index is -4.75. The molecule has 0 saturated heterocycles. The molecule has 0 unspecified atom stereocenters. The molecule has 0 N–H and O–H groups in total. The normalized spacial score (nSPS) is 11.4. The zero-order chi connectivity index (χ0) is 14.9. The van der Waals surface area contributed by atoms with Crippen LogP contribution in [0.25, 0.3) is 5.69 Å². The van der Waals surface area contributed by atoms with Gasteiger partial charge in [0.05, 0.1) is 0 Å². The first-order chi connectivity index (χ1) is 9.26. The van der Waals surface area contributed by atoms with Crippen molar-refractivity contribution in [2.45, 2.75) is 13.3 Å². The molecule has 0 saturated carbocycles. The highest BCUT2D eigenvalue weighted by atomic mass is 35.5. The SMILES string of the molecule is Cc1cc(Cl)c(=O)n(-c2ccc(OC(F)(F)F)cc2)c1. The predicted octanol–water partition coefficient (Wildman–Crippen LogP) is 3.70. The van der Waals surface area contributed by atoms with Crippen molar-refractivity contribution in [1.29, 1.82) is 0 Å². The number of hydrogen-bond acceptors (Lipinski definition) is 2. The highest BCUT2D eigenvalue weighted by molar-refractivity contribution is 6.30. The maximum absolute atomic E-state index is 12.0. The fourth-order valence-electron chi connectivity index (χ4n) is 1.68. The Hall–Kier alpha value is -1.95. The number of alkyl halides is 3. The summed E-state index contributed by atoms with van der Waals surface area (Å²) in [5, 5.41) is 0.0422. The summed E-state index contributed by atoms with van der Waals surface area (Å²) in [6, 6.07) is 6.47. The molecule has 0 aliphatic rings. The van der Waals surface area contributed by atoms with Gasteiger partial charge in [0.15, 0.2) is 0 Å². The molecule has 1 aromatic heterocycles. The predicted molar refractivity (Wildman–Crippen MR) is 68.5 cm³/mol. The third-order valence-corrected chi connectivity index (χ3v) is 2.73. The summed E-state index contributed by atoms with van der Waals surface area (Å²) in [5.41, 5.74) is 0.710. The summed E-state index contributed by atoms with van der Waals surface area (Å²) >= 11 is 5.78. The number of hydrogen-bond donors (Lipinski definition) is 0. The van der Waals surface area contributed by atoms with Crippen LogP contribution in [0.3, 0.4) is 0 Å². The Kier molecular flexibility index (Phi) is 3.76. The molecule has 0 fully saturated rings. The Morgan fingerprint density at radius 1 is 1.20 bits per heavy atom. The van der Waals surface area contributed by atoms with Crippen LogP contribution in [0.5, 0.6) is 5.75 Å². The quantitative estimate of drug-likeness (QED) is 0.847. The largest absolute Gasteiger partial charge is 0.573 e. The van der Waals surface area contributed by atoms with Crippen LogP contribution >= 0.6 is 11.6 Å². The molecule has 1 aromatic carbocycles. The van der Waals surface area contributed by atoms with Crippen molar-refractivity contribution in [3.63, 3.8) is 0 Å². The summed E-state index contributed by atoms with van der Waals surface area (Å²) in [6.07, 6.45) is -3.20. The van der Waals surface area contributed by atoms with E-state index >= 15 is 0 Å². The zero-order valence-electron chi connectivity index (χ0n) is 10.2. The van der Waals surface area contributed by atoms with E-state index in [2.05, 4.69) is 4.74 Å². The van der Waals surface area contributed by atoms with Gasteiger partial charge >= 0.3 is 6.36 Å². The second-order valence-electron chi connectivity index (χ2n) is 4.08. The average Bonchev–Trinajstić information content (AvgIpc) is 2.33. The van der Waals surface area contributed by atoms with Gasteiger partial charge in [0, 0.05) is 11.9 Å². The topological polar surface area (TPSA) is 31.2 Å². The molecule has 20 heavy (non-hydrogen) atoms. The number of pyridine rings is 1. The van der Waals surface area contributed by atoms with Crippen molar-refractivity contribution in [2.75, 3.05) is 0 Å². The number of rotatable bonds is 2. The molecule has 0 spiro atoms. The maximum atomic E-state index is 12.0. The zero-order valence-corrected chi connectivity index (χ0v) is 11.0. The number of benzene rings is 1. The van der Waals surface area contributed by atoms with Crippen LogP contribution in [0.15, 0.2) is 41.3 Å². The molecule has 0 radical (unpaired) electrons. The first-order valence-corrected chi connectivity index (χ1v) is 5.89. The number of halogens is 4. The third kappa shape index (κ3) is 3.33. The van der Waals surface area contributed by atoms with E-state index in [1.54, 1.807) is 13.1 Å². The van der Waals surface area contributed by atoms with E-state index in [-0.39, 0.29) is 10.8 Å². The van der Waals surface area contributed by atoms with Crippen LogP contribution in [0.2, 0.25) is 5.02 Å². The third-order valence-electron chi connectivity index (χ3n) is 2.46. The molecule has 0 aliphatic heterocycles. The lowest BCUT2D eigenvalue weighted by atomic mass is 10.2. The summed E-state index contributed by atoms with van der Waals surface area (Å²) < 4.78 is 41.1. The van der Waals surface area contributed by atoms with Crippen LogP contribution in [-0.2, 0) is 0 Å². The van der Waals surface area contributed by atoms with Gasteiger partial charge in [0.1, 0.15) is 10.8 Å². The Balaban J connectivity index is 2.38. The van der Waals surface area contributed by atoms with Crippen molar-refractivity contribution < 1.29 is 17.9 Å². The number of aromatic nitrogens is 1. The Morgan fingerprint density at radius 3 is 2.35 bits per heavy atom. The average molecular weight is 304 g/mol. The summed E-state index contributed by atoms with van der Waals surface area (Å²) in [5.74, 6) is -0.354. The van der Waals surface area contributed by atoms with Gasteiger partial charge < -0.3 is 4.74 Å². The van der Waals surface area contributed by atoms with E-state index in [4.69, 9.17) is 11.6 Å². The van der Waals surface area contributed by atoms with E-state index in [0.717, 1.165) is 17.7 Å². The molecule has 106 valence electrons. The Labute approximate surface area is 117 Å². The van der Waals surface area contributed by atoms with Gasteiger partial charge in [-0.1, -0.05) is 11.6 Å². The van der Waals surface area contributed by atoms with E-state index in [1.807, 2.05) is 0 Å². The second kappa shape index (κ2) is 5.20. The highest BCUT2D eigenvalue weighted by Crippen LogP contribution is 2.23. The summed E-state index contributed by atoms with van der Waals surface area (Å²) in [7, 11) is 0. The van der Waals surface area contributed by atoms with Gasteiger partial charge in [-0.25, -0.2) is 0 Å². The van der Waals surface area contributed by atoms with Crippen LogP contribution in [0.1, 0.15) is 5.56 Å². The highest BCUT2D eigenvalue weighted by Gasteiger charge is 2.30. The number of ether oxygens (including phenoxy) is 1. The summed E-state index contributed by atoms with van der Waals surface area (Å²) in [4.78, 5) is 11.9. The minimum Gasteiger partial charge on any atom is -0.406 e. The van der Waals surface area contributed by atoms with E-state index < -0.39 is 11.9 Å². The molecule has 2 rings (SSSR count). The Bertz CT molecular complexity index is 677. The Morgan fingerprint density at radius 2 is 1.80 bits per heavy atom. The molecular formula is C13H9ClF3NO2. The maximum Gasteiger partial charge on any atom is 0.573 e. The standard InChI is InChI=1S/C13H9ClF3NO2/c1-8-6-11(14)12(19)18(7-8)9-2-4-10(5-3-9)20-13(15,16)17/h2-7H,1H3. The van der Waals surface area contributed by atoms with Crippen molar-refractivity contribution >= 4 is 11.6 Å². The molecule has 0 atom stereocenters. The first kappa shape index (κ1) is 14.5. The van der Waals surface area contributed by atoms with Crippen molar-refractivity contribution in [2.24, 2.45) is 0 Å². The van der Waals surface area contributed by atoms with Crippen molar-refractivity contribution in [3.05, 3.63) is 57.5 Å². The van der Waals surface area contributed by atoms with Gasteiger partial charge in [-0.15, -0.1) is 13.2 Å². The van der Waals surface area contributed by atoms with Crippen LogP contribution < -0.4 is 10.3 Å². The van der Waals surface area contributed by atoms with E-state index in [0.29, 0.717) is 5.69 Å². The monoisotopic (exact) mass is 303 g/mol. The summed E-state index contributed by atoms with van der Waals surface area (Å²) in [6.45, 7) is 1.75. The second-order valence-corrected chi connectivity index (χ2v) is 4.49. The van der Waals surface area contributed by atoms with Gasteiger partial charge in [0.25, 0.3) is 5.56 Å². The van der Waals surface area contributed by atoms with E-state index in [9.17, 15) is 18.0 Å². The molecular weight excluding hydrogens is 295 g/mol. The fourth-order valence-corrected chi connectivity index (χ4v) is 1.94. The lowest BCUT2D eigenvalue weighted by molar-refractivity contribution is -0.274. The molecule has 1 heterocycles. The van der Waals surface area contributed by atoms with Crippen LogP contribution in [0.4, 0.5) is 13.2 Å². The van der Waals surface area contributed by atoms with Crippen molar-refractivity contribution in [3.8, 4) is 11.4 Å². The molecule has 3 nitrogen and oxygen atoms in total. The minimum absolute atomic E-state index is 0.0422. The molecule has 0 bridgehead atoms. The fraction of sp³-hybridized carbons (Fsp3) is 0.154. The smallest absolute Gasteiger partial charge is 0.406 e. The molecule has 0 aliphatic carbocycles. The van der Waals surface area contributed by atoms with E-state index in [1.165, 1.54) is 22.8 Å². The van der Waals surface area contributed by atoms with Crippen LogP contribution in [0, 0.1) is 6.92 Å². The lowest BCUT2D eigenvalue weighted by Gasteiger charge is -2.11. The van der Waals surface area contributed by atoms with Gasteiger partial charge in [0.2, 0.25) is 0 Å². The van der Waals surface area contributed by atoms with Gasteiger partial charge in [-0.2, -0.15) is 0 Å². The molecule has 2 aromatic rings. The van der Waals surface area contributed by atoms with Crippen molar-refractivity contribution in [1.82, 2.24) is 4.57 Å². The number of nitrogens with zero attached hydrogens (tertiary/aromatic N) is 1. The van der Waals surface area contributed by atoms with Gasteiger partial charge in [-0.3, -0.25) is 9.36 Å². The van der Waals surface area contributed by atoms with Gasteiger partial charge in [-0.05, 0) is 42.8 Å². The lowest BCUT2D eigenvalue weighted by Crippen LogP contribution is -2.19. The molecule has 7 heteroatoms. The number of aryl methyl sites for hydroxylation is 1.